The van der Waals surface area contributed by atoms with Crippen molar-refractivity contribution in [3.8, 4) is 0 Å². The van der Waals surface area contributed by atoms with Crippen molar-refractivity contribution < 1.29 is 4.42 Å². The van der Waals surface area contributed by atoms with Crippen LogP contribution in [0.15, 0.2) is 34.3 Å². The molecule has 1 aliphatic heterocycles. The summed E-state index contributed by atoms with van der Waals surface area (Å²) in [6.07, 6.45) is 1.76. The van der Waals surface area contributed by atoms with Gasteiger partial charge in [-0.05, 0) is 43.2 Å². The first-order valence-electron chi connectivity index (χ1n) is 7.87. The Morgan fingerprint density at radius 2 is 1.86 bits per heavy atom. The predicted octanol–water partition coefficient (Wildman–Crippen LogP) is 2.72. The van der Waals surface area contributed by atoms with E-state index in [0.29, 0.717) is 0 Å². The summed E-state index contributed by atoms with van der Waals surface area (Å²) in [5.41, 5.74) is 1.43. The number of nitrogens with zero attached hydrogens (tertiary/aromatic N) is 3. The zero-order chi connectivity index (χ0) is 15.4. The minimum Gasteiger partial charge on any atom is -0.468 e. The molecule has 0 unspecified atom stereocenters. The van der Waals surface area contributed by atoms with Gasteiger partial charge in [0.25, 0.3) is 0 Å². The Morgan fingerprint density at radius 3 is 2.50 bits per heavy atom. The molecule has 5 heteroatoms. The molecule has 3 rings (SSSR count). The summed E-state index contributed by atoms with van der Waals surface area (Å²) in [5, 5.41) is 2.29. The lowest BCUT2D eigenvalue weighted by Gasteiger charge is -2.33. The summed E-state index contributed by atoms with van der Waals surface area (Å²) in [5.74, 6) is 1.07. The van der Waals surface area contributed by atoms with Crippen LogP contribution in [-0.2, 0) is 19.6 Å². The van der Waals surface area contributed by atoms with Gasteiger partial charge in [-0.25, -0.2) is 0 Å². The smallest absolute Gasteiger partial charge is 0.117 e. The molecule has 0 N–H and O–H groups in total. The van der Waals surface area contributed by atoms with Crippen molar-refractivity contribution in [2.75, 3.05) is 40.3 Å². The molecular formula is C17H25N3OS. The van der Waals surface area contributed by atoms with Crippen molar-refractivity contribution in [3.05, 3.63) is 46.0 Å². The summed E-state index contributed by atoms with van der Waals surface area (Å²) in [7, 11) is 4.24. The molecule has 0 radical (unpaired) electrons. The molecule has 0 spiro atoms. The molecule has 0 saturated carbocycles. The molecule has 1 fully saturated rings. The Morgan fingerprint density at radius 1 is 1.14 bits per heavy atom. The second kappa shape index (κ2) is 7.42. The van der Waals surface area contributed by atoms with Gasteiger partial charge in [-0.1, -0.05) is 0 Å². The average molecular weight is 319 g/mol. The second-order valence-electron chi connectivity index (χ2n) is 6.29. The molecule has 0 aromatic carbocycles. The molecule has 1 aliphatic rings. The molecule has 3 heterocycles. The summed E-state index contributed by atoms with van der Waals surface area (Å²) >= 11 is 1.89. The number of rotatable bonds is 6. The highest BCUT2D eigenvalue weighted by atomic mass is 32.1. The Hall–Kier alpha value is -1.14. The van der Waals surface area contributed by atoms with Crippen molar-refractivity contribution in [1.29, 1.82) is 0 Å². The van der Waals surface area contributed by atoms with E-state index in [1.807, 2.05) is 17.4 Å². The van der Waals surface area contributed by atoms with E-state index >= 15 is 0 Å². The highest BCUT2D eigenvalue weighted by molar-refractivity contribution is 7.10. The van der Waals surface area contributed by atoms with E-state index in [9.17, 15) is 0 Å². The van der Waals surface area contributed by atoms with Gasteiger partial charge in [0.05, 0.1) is 12.8 Å². The number of piperazine rings is 1. The van der Waals surface area contributed by atoms with E-state index in [1.165, 1.54) is 10.4 Å². The topological polar surface area (TPSA) is 22.9 Å². The maximum atomic E-state index is 5.44. The lowest BCUT2D eigenvalue weighted by atomic mass is 10.2. The van der Waals surface area contributed by atoms with Crippen LogP contribution in [0.5, 0.6) is 0 Å². The van der Waals surface area contributed by atoms with Gasteiger partial charge in [0.15, 0.2) is 0 Å². The molecule has 1 saturated heterocycles. The zero-order valence-corrected chi connectivity index (χ0v) is 14.3. The largest absolute Gasteiger partial charge is 0.468 e. The highest BCUT2D eigenvalue weighted by Gasteiger charge is 2.18. The van der Waals surface area contributed by atoms with Gasteiger partial charge in [-0.3, -0.25) is 9.80 Å². The van der Waals surface area contributed by atoms with Crippen LogP contribution in [0.4, 0.5) is 0 Å². The predicted molar refractivity (Wildman–Crippen MR) is 91.0 cm³/mol. The van der Waals surface area contributed by atoms with Crippen LogP contribution in [0, 0.1) is 0 Å². The number of thiophene rings is 1. The van der Waals surface area contributed by atoms with E-state index in [0.717, 1.165) is 51.6 Å². The van der Waals surface area contributed by atoms with Crippen molar-refractivity contribution in [2.24, 2.45) is 0 Å². The molecule has 0 amide bonds. The Kier molecular flexibility index (Phi) is 5.31. The molecule has 2 aromatic rings. The van der Waals surface area contributed by atoms with E-state index in [-0.39, 0.29) is 0 Å². The summed E-state index contributed by atoms with van der Waals surface area (Å²) in [6, 6.07) is 6.39. The molecule has 22 heavy (non-hydrogen) atoms. The van der Waals surface area contributed by atoms with Crippen LogP contribution in [-0.4, -0.2) is 55.0 Å². The van der Waals surface area contributed by atoms with E-state index < -0.39 is 0 Å². The van der Waals surface area contributed by atoms with E-state index in [2.05, 4.69) is 46.3 Å². The first kappa shape index (κ1) is 15.7. The third-order valence-electron chi connectivity index (χ3n) is 4.01. The van der Waals surface area contributed by atoms with Gasteiger partial charge < -0.3 is 9.32 Å². The fourth-order valence-electron chi connectivity index (χ4n) is 2.91. The Labute approximate surface area is 136 Å². The summed E-state index contributed by atoms with van der Waals surface area (Å²) in [4.78, 5) is 8.74. The quantitative estimate of drug-likeness (QED) is 0.816. The van der Waals surface area contributed by atoms with Crippen LogP contribution in [0.2, 0.25) is 0 Å². The molecular weight excluding hydrogens is 294 g/mol. The van der Waals surface area contributed by atoms with Crippen LogP contribution >= 0.6 is 11.3 Å². The van der Waals surface area contributed by atoms with Crippen LogP contribution in [0.25, 0.3) is 0 Å². The number of hydrogen-bond acceptors (Lipinski definition) is 5. The standard InChI is InChI=1S/C17H25N3OS/c1-18(2)11-15-10-17(22-14-15)13-20-7-5-19(6-8-20)12-16-4-3-9-21-16/h3-4,9-10,14H,5-8,11-13H2,1-2H3. The third kappa shape index (κ3) is 4.43. The van der Waals surface area contributed by atoms with Gasteiger partial charge in [-0.2, -0.15) is 0 Å². The van der Waals surface area contributed by atoms with Gasteiger partial charge in [0, 0.05) is 44.1 Å². The summed E-state index contributed by atoms with van der Waals surface area (Å²) < 4.78 is 5.44. The van der Waals surface area contributed by atoms with Gasteiger partial charge >= 0.3 is 0 Å². The third-order valence-corrected chi connectivity index (χ3v) is 4.98. The van der Waals surface area contributed by atoms with Gasteiger partial charge in [0.1, 0.15) is 5.76 Å². The maximum absolute atomic E-state index is 5.44. The van der Waals surface area contributed by atoms with Gasteiger partial charge in [-0.15, -0.1) is 11.3 Å². The monoisotopic (exact) mass is 319 g/mol. The van der Waals surface area contributed by atoms with E-state index in [4.69, 9.17) is 4.42 Å². The van der Waals surface area contributed by atoms with Gasteiger partial charge in [0.2, 0.25) is 0 Å². The molecule has 0 atom stereocenters. The Bertz CT molecular complexity index is 556. The fraction of sp³-hybridized carbons (Fsp3) is 0.529. The maximum Gasteiger partial charge on any atom is 0.117 e. The first-order valence-corrected chi connectivity index (χ1v) is 8.75. The Balaban J connectivity index is 1.44. The van der Waals surface area contributed by atoms with Crippen LogP contribution in [0.1, 0.15) is 16.2 Å². The molecule has 0 bridgehead atoms. The van der Waals surface area contributed by atoms with E-state index in [1.54, 1.807) is 6.26 Å². The fourth-order valence-corrected chi connectivity index (χ4v) is 3.83. The minimum absolute atomic E-state index is 0.937. The van der Waals surface area contributed by atoms with Crippen LogP contribution in [0.3, 0.4) is 0 Å². The normalized spacial score (nSPS) is 17.4. The number of hydrogen-bond donors (Lipinski definition) is 0. The molecule has 4 nitrogen and oxygen atoms in total. The van der Waals surface area contributed by atoms with Crippen molar-refractivity contribution in [1.82, 2.24) is 14.7 Å². The number of furan rings is 1. The second-order valence-corrected chi connectivity index (χ2v) is 7.29. The molecule has 120 valence electrons. The zero-order valence-electron chi connectivity index (χ0n) is 13.5. The van der Waals surface area contributed by atoms with Crippen LogP contribution < -0.4 is 0 Å². The van der Waals surface area contributed by atoms with Crippen molar-refractivity contribution >= 4 is 11.3 Å². The van der Waals surface area contributed by atoms with Crippen molar-refractivity contribution in [2.45, 2.75) is 19.6 Å². The molecule has 0 aliphatic carbocycles. The lowest BCUT2D eigenvalue weighted by Crippen LogP contribution is -2.45. The first-order chi connectivity index (χ1) is 10.7. The summed E-state index contributed by atoms with van der Waals surface area (Å²) in [6.45, 7) is 7.59. The lowest BCUT2D eigenvalue weighted by molar-refractivity contribution is 0.117. The van der Waals surface area contributed by atoms with Crippen molar-refractivity contribution in [3.63, 3.8) is 0 Å². The SMILES string of the molecule is CN(C)Cc1csc(CN2CCN(Cc3ccco3)CC2)c1. The molecule has 2 aromatic heterocycles. The minimum atomic E-state index is 0.937. The average Bonchev–Trinajstić information content (AvgIpc) is 3.13. The highest BCUT2D eigenvalue weighted by Crippen LogP contribution is 2.19.